The number of hydrogen-bond acceptors (Lipinski definition) is 5. The van der Waals surface area contributed by atoms with Gasteiger partial charge in [-0.05, 0) is 37.6 Å². The zero-order valence-corrected chi connectivity index (χ0v) is 14.4. The molecule has 0 spiro atoms. The average Bonchev–Trinajstić information content (AvgIpc) is 3.03. The molecule has 2 heterocycles. The Morgan fingerprint density at radius 2 is 2.22 bits per heavy atom. The molecule has 3 aromatic rings. The highest BCUT2D eigenvalue weighted by Crippen LogP contribution is 2.27. The van der Waals surface area contributed by atoms with Crippen LogP contribution < -0.4 is 5.32 Å². The van der Waals surface area contributed by atoms with Gasteiger partial charge in [-0.3, -0.25) is 0 Å². The molecule has 0 aliphatic rings. The number of anilines is 1. The van der Waals surface area contributed by atoms with Gasteiger partial charge in [-0.15, -0.1) is 11.3 Å². The van der Waals surface area contributed by atoms with Crippen molar-refractivity contribution in [1.82, 2.24) is 9.97 Å². The van der Waals surface area contributed by atoms with Gasteiger partial charge in [-0.25, -0.2) is 9.97 Å². The van der Waals surface area contributed by atoms with E-state index in [-0.39, 0.29) is 6.04 Å². The maximum atomic E-state index is 9.38. The summed E-state index contributed by atoms with van der Waals surface area (Å²) in [6.45, 7) is 4.16. The van der Waals surface area contributed by atoms with E-state index in [9.17, 15) is 5.26 Å². The number of nitrogens with one attached hydrogen (secondary N) is 1. The number of rotatable bonds is 4. The molecule has 0 bridgehead atoms. The minimum absolute atomic E-state index is 0.0316. The number of fused-ring (bicyclic) bond motifs is 1. The Balaban J connectivity index is 1.94. The fraction of sp³-hybridized carbons (Fsp3) is 0.235. The number of benzene rings is 1. The highest BCUT2D eigenvalue weighted by molar-refractivity contribution is 7.11. The van der Waals surface area contributed by atoms with Gasteiger partial charge >= 0.3 is 0 Å². The molecule has 23 heavy (non-hydrogen) atoms. The Hall–Kier alpha value is -2.16. The van der Waals surface area contributed by atoms with E-state index in [0.29, 0.717) is 16.4 Å². The molecule has 4 nitrogen and oxygen atoms in total. The number of aromatic nitrogens is 2. The van der Waals surface area contributed by atoms with Crippen LogP contribution in [0.2, 0.25) is 5.02 Å². The van der Waals surface area contributed by atoms with Crippen molar-refractivity contribution in [2.24, 2.45) is 0 Å². The number of nitriles is 1. The topological polar surface area (TPSA) is 61.6 Å². The summed E-state index contributed by atoms with van der Waals surface area (Å²) in [7, 11) is 0. The van der Waals surface area contributed by atoms with Crippen molar-refractivity contribution >= 4 is 39.7 Å². The van der Waals surface area contributed by atoms with Gasteiger partial charge in [0, 0.05) is 21.5 Å². The van der Waals surface area contributed by atoms with Gasteiger partial charge in [0.15, 0.2) is 0 Å². The van der Waals surface area contributed by atoms with Crippen LogP contribution in [0.4, 0.5) is 5.82 Å². The van der Waals surface area contributed by atoms with E-state index in [1.54, 1.807) is 29.5 Å². The van der Waals surface area contributed by atoms with E-state index >= 15 is 0 Å². The Kier molecular flexibility index (Phi) is 4.46. The third-order valence-corrected chi connectivity index (χ3v) is 5.11. The first kappa shape index (κ1) is 15.7. The summed E-state index contributed by atoms with van der Waals surface area (Å²) in [6.07, 6.45) is 2.90. The number of pyridine rings is 1. The number of hydrogen-bond donors (Lipinski definition) is 1. The lowest BCUT2D eigenvalue weighted by atomic mass is 10.1. The lowest BCUT2D eigenvalue weighted by molar-refractivity contribution is 0.862. The molecule has 0 aliphatic heterocycles. The highest BCUT2D eigenvalue weighted by atomic mass is 35.5. The number of halogens is 1. The van der Waals surface area contributed by atoms with E-state index < -0.39 is 0 Å². The second kappa shape index (κ2) is 6.53. The second-order valence-corrected chi connectivity index (χ2v) is 6.80. The second-order valence-electron chi connectivity index (χ2n) is 5.21. The number of nitrogens with zero attached hydrogens (tertiary/aromatic N) is 3. The molecular weight excluding hydrogens is 328 g/mol. The van der Waals surface area contributed by atoms with Gasteiger partial charge in [-0.1, -0.05) is 18.5 Å². The normalized spacial score (nSPS) is 12.1. The van der Waals surface area contributed by atoms with Gasteiger partial charge in [-0.2, -0.15) is 5.26 Å². The smallest absolute Gasteiger partial charge is 0.128 e. The van der Waals surface area contributed by atoms with E-state index in [1.165, 1.54) is 4.88 Å². The van der Waals surface area contributed by atoms with Crippen molar-refractivity contribution in [2.75, 3.05) is 5.32 Å². The predicted octanol–water partition coefficient (Wildman–Crippen LogP) is 4.95. The van der Waals surface area contributed by atoms with E-state index in [4.69, 9.17) is 11.6 Å². The van der Waals surface area contributed by atoms with E-state index in [0.717, 1.165) is 22.3 Å². The summed E-state index contributed by atoms with van der Waals surface area (Å²) in [4.78, 5) is 10.3. The van der Waals surface area contributed by atoms with Crippen molar-refractivity contribution in [1.29, 1.82) is 5.26 Å². The van der Waals surface area contributed by atoms with E-state index in [2.05, 4.69) is 28.3 Å². The molecule has 0 amide bonds. The maximum absolute atomic E-state index is 9.38. The Morgan fingerprint density at radius 1 is 1.39 bits per heavy atom. The SMILES string of the molecule is CCc1cnc(C(C)Nc2cc(C#N)c3cc(Cl)ccc3n2)s1. The molecule has 116 valence electrons. The maximum Gasteiger partial charge on any atom is 0.128 e. The molecular formula is C17H15ClN4S. The minimum Gasteiger partial charge on any atom is -0.361 e. The molecule has 0 fully saturated rings. The summed E-state index contributed by atoms with van der Waals surface area (Å²) in [6, 6.07) is 9.37. The van der Waals surface area contributed by atoms with Crippen molar-refractivity contribution in [2.45, 2.75) is 26.3 Å². The monoisotopic (exact) mass is 342 g/mol. The molecule has 1 N–H and O–H groups in total. The highest BCUT2D eigenvalue weighted by Gasteiger charge is 2.13. The summed E-state index contributed by atoms with van der Waals surface area (Å²) < 4.78 is 0. The van der Waals surface area contributed by atoms with Gasteiger partial charge in [0.25, 0.3) is 0 Å². The van der Waals surface area contributed by atoms with Gasteiger partial charge in [0.1, 0.15) is 10.8 Å². The van der Waals surface area contributed by atoms with Gasteiger partial charge in [0.2, 0.25) is 0 Å². The van der Waals surface area contributed by atoms with Crippen molar-refractivity contribution < 1.29 is 0 Å². The lowest BCUT2D eigenvalue weighted by Crippen LogP contribution is -2.08. The molecule has 0 saturated carbocycles. The van der Waals surface area contributed by atoms with Gasteiger partial charge < -0.3 is 5.32 Å². The van der Waals surface area contributed by atoms with Crippen LogP contribution in [0.5, 0.6) is 0 Å². The fourth-order valence-electron chi connectivity index (χ4n) is 2.33. The van der Waals surface area contributed by atoms with Crippen LogP contribution in [0.3, 0.4) is 0 Å². The van der Waals surface area contributed by atoms with Crippen molar-refractivity contribution in [3.63, 3.8) is 0 Å². The van der Waals surface area contributed by atoms with Crippen molar-refractivity contribution in [3.8, 4) is 6.07 Å². The Bertz CT molecular complexity index is 897. The molecule has 1 unspecified atom stereocenters. The zero-order chi connectivity index (χ0) is 16.4. The fourth-order valence-corrected chi connectivity index (χ4v) is 3.37. The standard InChI is InChI=1S/C17H15ClN4S/c1-3-13-9-20-17(23-13)10(2)21-16-6-11(8-19)14-7-12(18)4-5-15(14)22-16/h4-7,9-10H,3H2,1-2H3,(H,21,22). The third kappa shape index (κ3) is 3.29. The predicted molar refractivity (Wildman–Crippen MR) is 95.0 cm³/mol. The molecule has 1 atom stereocenters. The summed E-state index contributed by atoms with van der Waals surface area (Å²) in [5.74, 6) is 0.664. The van der Waals surface area contributed by atoms with Crippen LogP contribution in [-0.4, -0.2) is 9.97 Å². The first-order valence-electron chi connectivity index (χ1n) is 7.32. The largest absolute Gasteiger partial charge is 0.361 e. The number of thiazole rings is 1. The molecule has 0 aliphatic carbocycles. The first-order valence-corrected chi connectivity index (χ1v) is 8.51. The quantitative estimate of drug-likeness (QED) is 0.728. The molecule has 0 saturated heterocycles. The van der Waals surface area contributed by atoms with Crippen LogP contribution in [-0.2, 0) is 6.42 Å². The van der Waals surface area contributed by atoms with Crippen LogP contribution in [0.25, 0.3) is 10.9 Å². The third-order valence-electron chi connectivity index (χ3n) is 3.55. The Morgan fingerprint density at radius 3 is 2.91 bits per heavy atom. The number of aryl methyl sites for hydroxylation is 1. The van der Waals surface area contributed by atoms with Crippen LogP contribution in [0.1, 0.15) is 35.3 Å². The first-order chi connectivity index (χ1) is 11.1. The summed E-state index contributed by atoms with van der Waals surface area (Å²) in [5, 5.41) is 15.1. The van der Waals surface area contributed by atoms with Gasteiger partial charge in [0.05, 0.1) is 23.2 Å². The average molecular weight is 343 g/mol. The van der Waals surface area contributed by atoms with E-state index in [1.807, 2.05) is 19.2 Å². The molecule has 1 aromatic carbocycles. The van der Waals surface area contributed by atoms with Crippen LogP contribution in [0.15, 0.2) is 30.5 Å². The lowest BCUT2D eigenvalue weighted by Gasteiger charge is -2.13. The molecule has 2 aromatic heterocycles. The summed E-state index contributed by atoms with van der Waals surface area (Å²) >= 11 is 7.70. The van der Waals surface area contributed by atoms with Crippen LogP contribution in [0, 0.1) is 11.3 Å². The zero-order valence-electron chi connectivity index (χ0n) is 12.8. The molecule has 0 radical (unpaired) electrons. The molecule has 6 heteroatoms. The molecule has 3 rings (SSSR count). The summed E-state index contributed by atoms with van der Waals surface area (Å²) in [5.41, 5.74) is 1.30. The Labute approximate surface area is 143 Å². The van der Waals surface area contributed by atoms with Crippen LogP contribution >= 0.6 is 22.9 Å². The minimum atomic E-state index is 0.0316. The van der Waals surface area contributed by atoms with Crippen molar-refractivity contribution in [3.05, 3.63) is 50.9 Å².